The van der Waals surface area contributed by atoms with Crippen molar-refractivity contribution in [2.45, 2.75) is 12.8 Å². The van der Waals surface area contributed by atoms with Crippen LogP contribution >= 0.6 is 11.6 Å². The molecule has 0 N–H and O–H groups in total. The van der Waals surface area contributed by atoms with Gasteiger partial charge in [0, 0.05) is 16.5 Å². The summed E-state index contributed by atoms with van der Waals surface area (Å²) in [5.74, 6) is 0. The van der Waals surface area contributed by atoms with Crippen LogP contribution in [0.25, 0.3) is 28.2 Å². The predicted molar refractivity (Wildman–Crippen MR) is 87.3 cm³/mol. The fourth-order valence-electron chi connectivity index (χ4n) is 2.89. The van der Waals surface area contributed by atoms with E-state index >= 15 is 0 Å². The van der Waals surface area contributed by atoms with Crippen LogP contribution in [-0.4, -0.2) is 9.97 Å². The SMILES string of the molecule is Clc1nc(-c2ccccc2)c2ccc3c(c2n1)C=CCC3. The highest BCUT2D eigenvalue weighted by Gasteiger charge is 2.14. The highest BCUT2D eigenvalue weighted by molar-refractivity contribution is 6.29. The lowest BCUT2D eigenvalue weighted by atomic mass is 9.93. The lowest BCUT2D eigenvalue weighted by molar-refractivity contribution is 0.987. The van der Waals surface area contributed by atoms with E-state index in [1.807, 2.05) is 30.3 Å². The quantitative estimate of drug-likeness (QED) is 0.596. The molecule has 0 aliphatic heterocycles. The average molecular weight is 293 g/mol. The van der Waals surface area contributed by atoms with Crippen LogP contribution in [0, 0.1) is 0 Å². The summed E-state index contributed by atoms with van der Waals surface area (Å²) in [6.45, 7) is 0. The van der Waals surface area contributed by atoms with E-state index in [1.54, 1.807) is 0 Å². The number of benzene rings is 2. The number of aryl methyl sites for hydroxylation is 1. The molecule has 0 saturated carbocycles. The second kappa shape index (κ2) is 4.97. The lowest BCUT2D eigenvalue weighted by Crippen LogP contribution is -1.99. The molecule has 4 rings (SSSR count). The normalized spacial score (nSPS) is 13.4. The summed E-state index contributed by atoms with van der Waals surface area (Å²) >= 11 is 6.17. The molecule has 3 aromatic rings. The standard InChI is InChI=1S/C18H13ClN2/c19-18-20-16(13-7-2-1-3-8-13)15-11-10-12-6-4-5-9-14(12)17(15)21-18/h1-3,5,7-11H,4,6H2. The molecule has 2 aromatic carbocycles. The number of rotatable bonds is 1. The Balaban J connectivity index is 2.08. The van der Waals surface area contributed by atoms with Crippen molar-refractivity contribution in [2.24, 2.45) is 0 Å². The summed E-state index contributed by atoms with van der Waals surface area (Å²) in [7, 11) is 0. The number of hydrogen-bond acceptors (Lipinski definition) is 2. The number of allylic oxidation sites excluding steroid dienone is 1. The molecule has 3 heteroatoms. The predicted octanol–water partition coefficient (Wildman–Crippen LogP) is 4.91. The molecule has 0 atom stereocenters. The number of fused-ring (bicyclic) bond motifs is 3. The Hall–Kier alpha value is -2.19. The summed E-state index contributed by atoms with van der Waals surface area (Å²) in [6, 6.07) is 14.4. The number of aromatic nitrogens is 2. The Kier molecular flexibility index (Phi) is 2.97. The molecule has 102 valence electrons. The third-order valence-corrected chi connectivity index (χ3v) is 4.05. The van der Waals surface area contributed by atoms with Gasteiger partial charge in [0.05, 0.1) is 11.2 Å². The maximum absolute atomic E-state index is 6.17. The van der Waals surface area contributed by atoms with E-state index in [1.165, 1.54) is 11.1 Å². The molecule has 0 spiro atoms. The molecule has 0 bridgehead atoms. The van der Waals surface area contributed by atoms with Crippen LogP contribution in [-0.2, 0) is 6.42 Å². The summed E-state index contributed by atoms with van der Waals surface area (Å²) in [5.41, 5.74) is 5.42. The summed E-state index contributed by atoms with van der Waals surface area (Å²) < 4.78 is 0. The van der Waals surface area contributed by atoms with Gasteiger partial charge in [0.1, 0.15) is 0 Å². The van der Waals surface area contributed by atoms with Gasteiger partial charge in [0.2, 0.25) is 5.28 Å². The maximum atomic E-state index is 6.17. The van der Waals surface area contributed by atoms with E-state index in [4.69, 9.17) is 11.6 Å². The van der Waals surface area contributed by atoms with Gasteiger partial charge >= 0.3 is 0 Å². The van der Waals surface area contributed by atoms with Crippen molar-refractivity contribution in [1.29, 1.82) is 0 Å². The zero-order valence-electron chi connectivity index (χ0n) is 11.4. The van der Waals surface area contributed by atoms with E-state index in [0.29, 0.717) is 5.28 Å². The van der Waals surface area contributed by atoms with Crippen molar-refractivity contribution in [2.75, 3.05) is 0 Å². The molecule has 1 aromatic heterocycles. The molecule has 1 aliphatic carbocycles. The van der Waals surface area contributed by atoms with Crippen LogP contribution in [0.15, 0.2) is 48.5 Å². The van der Waals surface area contributed by atoms with Crippen LogP contribution in [0.5, 0.6) is 0 Å². The Morgan fingerprint density at radius 1 is 0.952 bits per heavy atom. The van der Waals surface area contributed by atoms with Crippen molar-refractivity contribution in [3.63, 3.8) is 0 Å². The van der Waals surface area contributed by atoms with Crippen LogP contribution in [0.2, 0.25) is 5.28 Å². The first-order valence-corrected chi connectivity index (χ1v) is 7.42. The molecular formula is C18H13ClN2. The van der Waals surface area contributed by atoms with Crippen molar-refractivity contribution < 1.29 is 0 Å². The van der Waals surface area contributed by atoms with Gasteiger partial charge in [-0.25, -0.2) is 9.97 Å². The molecule has 1 heterocycles. The van der Waals surface area contributed by atoms with Gasteiger partial charge in [-0.15, -0.1) is 0 Å². The largest absolute Gasteiger partial charge is 0.223 e. The molecular weight excluding hydrogens is 280 g/mol. The third kappa shape index (κ3) is 2.12. The van der Waals surface area contributed by atoms with Gasteiger partial charge in [-0.3, -0.25) is 0 Å². The Morgan fingerprint density at radius 3 is 2.67 bits per heavy atom. The second-order valence-electron chi connectivity index (χ2n) is 5.18. The van der Waals surface area contributed by atoms with E-state index in [2.05, 4.69) is 34.3 Å². The summed E-state index contributed by atoms with van der Waals surface area (Å²) in [4.78, 5) is 8.93. The van der Waals surface area contributed by atoms with Gasteiger partial charge in [-0.05, 0) is 30.0 Å². The third-order valence-electron chi connectivity index (χ3n) is 3.88. The zero-order chi connectivity index (χ0) is 14.2. The molecule has 0 amide bonds. The Bertz CT molecular complexity index is 854. The Labute approximate surface area is 128 Å². The minimum atomic E-state index is 0.300. The van der Waals surface area contributed by atoms with E-state index in [-0.39, 0.29) is 0 Å². The molecule has 0 unspecified atom stereocenters. The number of hydrogen-bond donors (Lipinski definition) is 0. The van der Waals surface area contributed by atoms with Crippen LogP contribution in [0.3, 0.4) is 0 Å². The first kappa shape index (κ1) is 12.5. The van der Waals surface area contributed by atoms with Crippen molar-refractivity contribution in [3.05, 3.63) is 65.0 Å². The monoisotopic (exact) mass is 292 g/mol. The van der Waals surface area contributed by atoms with E-state index in [9.17, 15) is 0 Å². The van der Waals surface area contributed by atoms with Crippen LogP contribution in [0.4, 0.5) is 0 Å². The fraction of sp³-hybridized carbons (Fsp3) is 0.111. The van der Waals surface area contributed by atoms with Gasteiger partial charge in [0.15, 0.2) is 0 Å². The summed E-state index contributed by atoms with van der Waals surface area (Å²) in [6.07, 6.45) is 6.49. The minimum Gasteiger partial charge on any atom is -0.217 e. The van der Waals surface area contributed by atoms with Crippen molar-refractivity contribution in [3.8, 4) is 11.3 Å². The fourth-order valence-corrected chi connectivity index (χ4v) is 3.06. The minimum absolute atomic E-state index is 0.300. The second-order valence-corrected chi connectivity index (χ2v) is 5.52. The first-order valence-electron chi connectivity index (χ1n) is 7.04. The smallest absolute Gasteiger partial charge is 0.217 e. The van der Waals surface area contributed by atoms with Gasteiger partial charge in [-0.1, -0.05) is 54.6 Å². The number of halogens is 1. The van der Waals surface area contributed by atoms with Gasteiger partial charge in [0.25, 0.3) is 0 Å². The van der Waals surface area contributed by atoms with E-state index < -0.39 is 0 Å². The van der Waals surface area contributed by atoms with Crippen molar-refractivity contribution in [1.82, 2.24) is 9.97 Å². The molecule has 0 saturated heterocycles. The van der Waals surface area contributed by atoms with E-state index in [0.717, 1.165) is 35.0 Å². The van der Waals surface area contributed by atoms with Gasteiger partial charge < -0.3 is 0 Å². The molecule has 0 fully saturated rings. The zero-order valence-corrected chi connectivity index (χ0v) is 12.1. The highest BCUT2D eigenvalue weighted by Crippen LogP contribution is 2.32. The topological polar surface area (TPSA) is 25.8 Å². The number of nitrogens with zero attached hydrogens (tertiary/aromatic N) is 2. The average Bonchev–Trinajstić information content (AvgIpc) is 2.55. The summed E-state index contributed by atoms with van der Waals surface area (Å²) in [5, 5.41) is 1.35. The molecule has 21 heavy (non-hydrogen) atoms. The highest BCUT2D eigenvalue weighted by atomic mass is 35.5. The first-order chi connectivity index (χ1) is 10.3. The van der Waals surface area contributed by atoms with Crippen LogP contribution < -0.4 is 0 Å². The maximum Gasteiger partial charge on any atom is 0.223 e. The van der Waals surface area contributed by atoms with Crippen LogP contribution in [0.1, 0.15) is 17.5 Å². The van der Waals surface area contributed by atoms with Gasteiger partial charge in [-0.2, -0.15) is 0 Å². The molecule has 0 radical (unpaired) electrons. The Morgan fingerprint density at radius 2 is 1.81 bits per heavy atom. The van der Waals surface area contributed by atoms with Crippen molar-refractivity contribution >= 4 is 28.6 Å². The molecule has 2 nitrogen and oxygen atoms in total. The molecule has 1 aliphatic rings. The lowest BCUT2D eigenvalue weighted by Gasteiger charge is -2.14.